The lowest BCUT2D eigenvalue weighted by atomic mass is 9.91. The molecule has 0 N–H and O–H groups in total. The maximum absolute atomic E-state index is 14.9. The summed E-state index contributed by atoms with van der Waals surface area (Å²) in [6.45, 7) is 4.13. The second-order valence-corrected chi connectivity index (χ2v) is 36.0. The molecule has 4 nitrogen and oxygen atoms in total. The molecule has 0 spiro atoms. The van der Waals surface area contributed by atoms with Crippen LogP contribution in [0.4, 0.5) is 103 Å². The molecule has 24 rings (SSSR count). The Hall–Kier alpha value is -18.0. The first-order valence-corrected chi connectivity index (χ1v) is 46.9. The first-order chi connectivity index (χ1) is 69.4. The van der Waals surface area contributed by atoms with Gasteiger partial charge < -0.3 is 19.6 Å². The lowest BCUT2D eigenvalue weighted by Crippen LogP contribution is -2.12. The number of benzene rings is 24. The van der Waals surface area contributed by atoms with Crippen LogP contribution < -0.4 is 19.6 Å². The van der Waals surface area contributed by atoms with Crippen molar-refractivity contribution >= 4 is 133 Å². The van der Waals surface area contributed by atoms with Gasteiger partial charge in [0.15, 0.2) is 0 Å². The van der Waals surface area contributed by atoms with Gasteiger partial charge in [0.05, 0.1) is 22.7 Å². The summed E-state index contributed by atoms with van der Waals surface area (Å²) >= 11 is 0. The fraction of sp³-hybridized carbons (Fsp3) is 0.0154. The van der Waals surface area contributed by atoms with E-state index in [9.17, 15) is 35.1 Å². The van der Waals surface area contributed by atoms with E-state index in [1.54, 1.807) is 48.5 Å². The van der Waals surface area contributed by atoms with Gasteiger partial charge in [0.2, 0.25) is 0 Å². The van der Waals surface area contributed by atoms with Crippen LogP contribution in [0.1, 0.15) is 11.1 Å². The van der Waals surface area contributed by atoms with Crippen molar-refractivity contribution in [3.05, 3.63) is 531 Å². The molecule has 24 aromatic carbocycles. The summed E-state index contributed by atoms with van der Waals surface area (Å²) in [5.41, 5.74) is 24.6. The minimum Gasteiger partial charge on any atom is -0.310 e. The molecule has 142 heavy (non-hydrogen) atoms. The Morgan fingerprint density at radius 1 is 0.134 bits per heavy atom. The summed E-state index contributed by atoms with van der Waals surface area (Å²) in [5.74, 6) is -2.79. The third-order valence-corrected chi connectivity index (χ3v) is 26.8. The zero-order valence-corrected chi connectivity index (χ0v) is 76.8. The summed E-state index contributed by atoms with van der Waals surface area (Å²) in [6, 6.07) is 149. The summed E-state index contributed by atoms with van der Waals surface area (Å²) < 4.78 is 119. The van der Waals surface area contributed by atoms with Crippen molar-refractivity contribution in [2.75, 3.05) is 19.6 Å². The monoisotopic (exact) mass is 1850 g/mol. The van der Waals surface area contributed by atoms with Crippen molar-refractivity contribution in [3.8, 4) is 89.0 Å². The van der Waals surface area contributed by atoms with E-state index in [-0.39, 0.29) is 46.5 Å². The first kappa shape index (κ1) is 88.0. The van der Waals surface area contributed by atoms with Crippen LogP contribution in [-0.4, -0.2) is 0 Å². The van der Waals surface area contributed by atoms with Gasteiger partial charge in [0, 0.05) is 67.0 Å². The summed E-state index contributed by atoms with van der Waals surface area (Å²) in [7, 11) is 0. The number of halogens is 8. The number of rotatable bonds is 20. The molecule has 0 aliphatic heterocycles. The first-order valence-electron chi connectivity index (χ1n) is 46.9. The van der Waals surface area contributed by atoms with Crippen molar-refractivity contribution in [2.45, 2.75) is 13.8 Å². The molecule has 0 unspecified atom stereocenters. The average molecular weight is 1850 g/mol. The normalized spacial score (nSPS) is 11.5. The molecular weight excluding hydrogens is 1770 g/mol. The molecule has 0 radical (unpaired) electrons. The van der Waals surface area contributed by atoms with Crippen molar-refractivity contribution in [3.63, 3.8) is 0 Å². The predicted octanol–water partition coefficient (Wildman–Crippen LogP) is 38.1. The van der Waals surface area contributed by atoms with Crippen LogP contribution in [0.25, 0.3) is 154 Å². The van der Waals surface area contributed by atoms with E-state index in [0.717, 1.165) is 189 Å². The summed E-state index contributed by atoms with van der Waals surface area (Å²) in [6.07, 6.45) is 0. The van der Waals surface area contributed by atoms with Crippen LogP contribution in [0.15, 0.2) is 473 Å². The van der Waals surface area contributed by atoms with Gasteiger partial charge in [-0.3, -0.25) is 0 Å². The smallest absolute Gasteiger partial charge is 0.123 e. The van der Waals surface area contributed by atoms with Crippen molar-refractivity contribution in [1.82, 2.24) is 0 Å². The van der Waals surface area contributed by atoms with Gasteiger partial charge in [0.1, 0.15) is 46.5 Å². The number of para-hydroxylation sites is 2. The Balaban J connectivity index is 0.000000158. The third kappa shape index (κ3) is 17.2. The Morgan fingerprint density at radius 2 is 0.310 bits per heavy atom. The maximum Gasteiger partial charge on any atom is 0.123 e. The largest absolute Gasteiger partial charge is 0.310 e. The maximum atomic E-state index is 14.9. The molecule has 680 valence electrons. The molecule has 0 aliphatic rings. The number of hydrogen-bond acceptors (Lipinski definition) is 4. The molecule has 0 saturated heterocycles. The molecule has 0 bridgehead atoms. The molecule has 0 amide bonds. The van der Waals surface area contributed by atoms with E-state index in [1.165, 1.54) is 97.1 Å². The van der Waals surface area contributed by atoms with Gasteiger partial charge in [-0.1, -0.05) is 242 Å². The molecule has 0 fully saturated rings. The van der Waals surface area contributed by atoms with Crippen LogP contribution >= 0.6 is 0 Å². The van der Waals surface area contributed by atoms with E-state index < -0.39 is 0 Å². The Bertz CT molecular complexity index is 8190. The zero-order valence-electron chi connectivity index (χ0n) is 76.8. The van der Waals surface area contributed by atoms with Gasteiger partial charge in [-0.05, 0) is 389 Å². The van der Waals surface area contributed by atoms with Gasteiger partial charge in [-0.15, -0.1) is 0 Å². The van der Waals surface area contributed by atoms with Crippen molar-refractivity contribution in [2.24, 2.45) is 0 Å². The Labute approximate surface area is 816 Å². The van der Waals surface area contributed by atoms with Crippen LogP contribution in [0.3, 0.4) is 0 Å². The van der Waals surface area contributed by atoms with E-state index >= 15 is 0 Å². The number of aryl methyl sites for hydroxylation is 2. The van der Waals surface area contributed by atoms with Crippen LogP contribution in [-0.2, 0) is 0 Å². The summed E-state index contributed by atoms with van der Waals surface area (Å²) in [4.78, 5) is 8.92. The lowest BCUT2D eigenvalue weighted by molar-refractivity contribution is 0.628. The second kappa shape index (κ2) is 37.1. The topological polar surface area (TPSA) is 13.0 Å². The van der Waals surface area contributed by atoms with E-state index in [2.05, 4.69) is 252 Å². The third-order valence-electron chi connectivity index (χ3n) is 26.8. The predicted molar refractivity (Wildman–Crippen MR) is 572 cm³/mol. The van der Waals surface area contributed by atoms with Gasteiger partial charge >= 0.3 is 0 Å². The van der Waals surface area contributed by atoms with Crippen molar-refractivity contribution < 1.29 is 35.1 Å². The highest BCUT2D eigenvalue weighted by Crippen LogP contribution is 2.54. The van der Waals surface area contributed by atoms with Crippen LogP contribution in [0.2, 0.25) is 0 Å². The van der Waals surface area contributed by atoms with Gasteiger partial charge in [-0.25, -0.2) is 35.1 Å². The van der Waals surface area contributed by atoms with E-state index in [4.69, 9.17) is 0 Å². The molecule has 24 aromatic rings. The fourth-order valence-electron chi connectivity index (χ4n) is 20.2. The number of nitrogens with zero attached hydrogens (tertiary/aromatic N) is 4. The molecule has 0 aliphatic carbocycles. The molecule has 12 heteroatoms. The second-order valence-electron chi connectivity index (χ2n) is 36.0. The fourth-order valence-corrected chi connectivity index (χ4v) is 20.2. The highest BCUT2D eigenvalue weighted by atomic mass is 19.2. The van der Waals surface area contributed by atoms with Crippen LogP contribution in [0, 0.1) is 60.4 Å². The quantitative estimate of drug-likeness (QED) is 0.0557. The molecule has 0 aromatic heterocycles. The zero-order chi connectivity index (χ0) is 96.3. The lowest BCUT2D eigenvalue weighted by Gasteiger charge is -2.30. The minimum absolute atomic E-state index is 0.348. The van der Waals surface area contributed by atoms with Gasteiger partial charge in [0.25, 0.3) is 0 Å². The molecule has 0 saturated carbocycles. The summed E-state index contributed by atoms with van der Waals surface area (Å²) in [5, 5.41) is 12.6. The molecule has 0 heterocycles. The number of anilines is 12. The van der Waals surface area contributed by atoms with Crippen LogP contribution in [0.5, 0.6) is 0 Å². The highest BCUT2D eigenvalue weighted by Gasteiger charge is 2.29. The van der Waals surface area contributed by atoms with E-state index in [1.807, 2.05) is 109 Å². The molecule has 0 atom stereocenters. The highest BCUT2D eigenvalue weighted by molar-refractivity contribution is 6.30. The van der Waals surface area contributed by atoms with Crippen molar-refractivity contribution in [1.29, 1.82) is 0 Å². The minimum atomic E-state index is -0.349. The van der Waals surface area contributed by atoms with E-state index in [0.29, 0.717) is 44.5 Å². The Morgan fingerprint density at radius 3 is 0.493 bits per heavy atom. The SMILES string of the molecule is Cc1ccc(N(c2cc(-c3cccc(F)c3)cc(-c3cccc(F)c3)c2)c2ccc3ccc4c(N(c5ccc(C)cc5)c5cc(-c6cccc(F)c6)cc(-c6cccc(F)c6)c5)ccc5ccc2c3c54)cc1.Fc1cccc(-c2cc(-c3cccc(F)c3)cc(N(c3ccccc3)c3ccc4ccc5c(N(c6ccccc6)c6cc(-c7cccc(F)c7)cc(-c7cccc(F)c7)c6)ccc6ccc3c4c65)c2)c1. The number of hydrogen-bond donors (Lipinski definition) is 0. The Kier molecular flexibility index (Phi) is 23.0. The average Bonchev–Trinajstić information content (AvgIpc) is 0.720. The molecular formula is C130H84F8N4. The van der Waals surface area contributed by atoms with Gasteiger partial charge in [-0.2, -0.15) is 0 Å². The standard InChI is InChI=1S/C66H44F4N2.C64H40F4N2/c1-41-15-23-57(24-16-41)71(59-37-49(45-7-3-11-53(67)33-45)31-50(38-59)46-8-4-12-54(68)34-46)63-29-21-43-20-28-62-64(30-22-44-19-27-61(63)65(43)66(44)62)72(58-25-17-42(2)18-26-58)60-39-51(47-9-5-13-55(69)35-47)32-52(40-60)48-10-6-14-56(70)36-48;65-51-15-7-11-43(33-51)47-31-48(44-12-8-16-52(66)34-44)38-57(37-47)69(55-19-3-1-4-20-55)61-29-25-41-24-28-60-62(30-26-42-23-27-59(61)63(41)64(42)60)70(56-21-5-2-6-22-56)58-39-49(45-13-9-17-53(67)35-45)32-50(40-58)46-14-10-18-54(68)36-46/h3-40H,1-2H3;1-40H.